The Morgan fingerprint density at radius 1 is 1.30 bits per heavy atom. The Balaban J connectivity index is 1.78. The minimum atomic E-state index is -0.775. The second-order valence-electron chi connectivity index (χ2n) is 6.78. The average molecular weight is 316 g/mol. The van der Waals surface area contributed by atoms with Gasteiger partial charge in [0.1, 0.15) is 0 Å². The van der Waals surface area contributed by atoms with Gasteiger partial charge in [-0.05, 0) is 38.3 Å². The summed E-state index contributed by atoms with van der Waals surface area (Å²) in [6.07, 6.45) is 4.84. The Bertz CT molecular complexity index is 621. The van der Waals surface area contributed by atoms with Crippen molar-refractivity contribution in [2.24, 2.45) is 0 Å². The topological polar surface area (TPSA) is 69.6 Å². The van der Waals surface area contributed by atoms with Gasteiger partial charge in [0.2, 0.25) is 5.91 Å². The number of nitrogens with zero attached hydrogens (tertiary/aromatic N) is 1. The number of rotatable bonds is 4. The first kappa shape index (κ1) is 16.0. The first-order chi connectivity index (χ1) is 11.0. The summed E-state index contributed by atoms with van der Waals surface area (Å²) in [5.74, 6) is -0.152. The van der Waals surface area contributed by atoms with E-state index in [0.717, 1.165) is 37.7 Å². The van der Waals surface area contributed by atoms with Crippen LogP contribution in [0.5, 0.6) is 0 Å². The molecule has 0 radical (unpaired) electrons. The molecule has 0 aromatic heterocycles. The molecule has 0 spiro atoms. The second kappa shape index (κ2) is 6.32. The van der Waals surface area contributed by atoms with E-state index >= 15 is 0 Å². The zero-order valence-corrected chi connectivity index (χ0v) is 13.6. The molecule has 5 heteroatoms. The molecule has 5 nitrogen and oxygen atoms in total. The highest BCUT2D eigenvalue weighted by Gasteiger charge is 2.32. The van der Waals surface area contributed by atoms with Gasteiger partial charge in [-0.1, -0.05) is 24.5 Å². The fourth-order valence-corrected chi connectivity index (χ4v) is 3.52. The fraction of sp³-hybridized carbons (Fsp3) is 0.556. The van der Waals surface area contributed by atoms with Gasteiger partial charge < -0.3 is 15.3 Å². The maximum atomic E-state index is 12.6. The highest BCUT2D eigenvalue weighted by molar-refractivity contribution is 6.05. The van der Waals surface area contributed by atoms with E-state index in [-0.39, 0.29) is 18.4 Å². The van der Waals surface area contributed by atoms with Crippen LogP contribution >= 0.6 is 0 Å². The lowest BCUT2D eigenvalue weighted by molar-refractivity contribution is -0.117. The van der Waals surface area contributed by atoms with Gasteiger partial charge >= 0.3 is 0 Å². The predicted octanol–water partition coefficient (Wildman–Crippen LogP) is 2.16. The van der Waals surface area contributed by atoms with Crippen molar-refractivity contribution in [3.05, 3.63) is 29.3 Å². The minimum Gasteiger partial charge on any atom is -0.388 e. The molecule has 1 saturated carbocycles. The molecule has 1 saturated heterocycles. The van der Waals surface area contributed by atoms with Gasteiger partial charge in [-0.25, -0.2) is 0 Å². The first-order valence-corrected chi connectivity index (χ1v) is 8.40. The molecule has 0 unspecified atom stereocenters. The molecule has 0 atom stereocenters. The van der Waals surface area contributed by atoms with Crippen molar-refractivity contribution in [3.63, 3.8) is 0 Å². The van der Waals surface area contributed by atoms with Crippen molar-refractivity contribution in [2.45, 2.75) is 51.0 Å². The van der Waals surface area contributed by atoms with E-state index in [1.54, 1.807) is 4.90 Å². The van der Waals surface area contributed by atoms with Crippen LogP contribution in [0.2, 0.25) is 0 Å². The summed E-state index contributed by atoms with van der Waals surface area (Å²) >= 11 is 0. The number of carbonyl (C=O) groups excluding carboxylic acids is 2. The molecule has 1 aliphatic heterocycles. The molecule has 0 bridgehead atoms. The number of benzene rings is 1. The molecule has 2 amide bonds. The molecule has 1 aromatic rings. The molecule has 23 heavy (non-hydrogen) atoms. The molecular formula is C18H24N2O3. The van der Waals surface area contributed by atoms with Crippen LogP contribution in [0.1, 0.15) is 54.4 Å². The van der Waals surface area contributed by atoms with Gasteiger partial charge in [0.05, 0.1) is 16.9 Å². The van der Waals surface area contributed by atoms with E-state index in [9.17, 15) is 14.7 Å². The van der Waals surface area contributed by atoms with E-state index in [1.165, 1.54) is 0 Å². The molecule has 2 N–H and O–H groups in total. The average Bonchev–Trinajstić information content (AvgIpc) is 3.14. The maximum Gasteiger partial charge on any atom is 0.253 e. The monoisotopic (exact) mass is 316 g/mol. The zero-order valence-electron chi connectivity index (χ0n) is 13.6. The molecule has 124 valence electrons. The number of hydrogen-bond donors (Lipinski definition) is 2. The lowest BCUT2D eigenvalue weighted by Crippen LogP contribution is -2.41. The van der Waals surface area contributed by atoms with E-state index < -0.39 is 5.60 Å². The van der Waals surface area contributed by atoms with Gasteiger partial charge in [0.15, 0.2) is 0 Å². The number of amides is 2. The quantitative estimate of drug-likeness (QED) is 0.894. The third kappa shape index (κ3) is 3.39. The summed E-state index contributed by atoms with van der Waals surface area (Å²) in [7, 11) is 0. The number of nitrogens with one attached hydrogen (secondary N) is 1. The molecule has 1 heterocycles. The van der Waals surface area contributed by atoms with Gasteiger partial charge in [-0.2, -0.15) is 0 Å². The van der Waals surface area contributed by atoms with Crippen LogP contribution in [0, 0.1) is 6.92 Å². The predicted molar refractivity (Wildman–Crippen MR) is 88.5 cm³/mol. The zero-order chi connectivity index (χ0) is 16.4. The summed E-state index contributed by atoms with van der Waals surface area (Å²) in [6, 6.07) is 5.58. The van der Waals surface area contributed by atoms with Crippen molar-refractivity contribution >= 4 is 17.5 Å². The van der Waals surface area contributed by atoms with E-state index in [4.69, 9.17) is 0 Å². The highest BCUT2D eigenvalue weighted by atomic mass is 16.3. The highest BCUT2D eigenvalue weighted by Crippen LogP contribution is 2.29. The Kier molecular flexibility index (Phi) is 4.39. The van der Waals surface area contributed by atoms with Gasteiger partial charge in [0, 0.05) is 19.5 Å². The Hall–Kier alpha value is -1.88. The second-order valence-corrected chi connectivity index (χ2v) is 6.78. The van der Waals surface area contributed by atoms with Crippen LogP contribution in [0.4, 0.5) is 5.69 Å². The standard InChI is InChI=1S/C18H24N2O3/c1-13-6-7-15(20-10-4-5-16(20)21)14(11-13)17(22)19-12-18(23)8-2-3-9-18/h6-7,11,23H,2-5,8-10,12H2,1H3,(H,19,22). The smallest absolute Gasteiger partial charge is 0.253 e. The summed E-state index contributed by atoms with van der Waals surface area (Å²) in [4.78, 5) is 26.3. The number of hydrogen-bond acceptors (Lipinski definition) is 3. The summed E-state index contributed by atoms with van der Waals surface area (Å²) < 4.78 is 0. The van der Waals surface area contributed by atoms with Crippen LogP contribution < -0.4 is 10.2 Å². The number of aliphatic hydroxyl groups is 1. The largest absolute Gasteiger partial charge is 0.388 e. The van der Waals surface area contributed by atoms with Gasteiger partial charge in [0.25, 0.3) is 5.91 Å². The molecule has 3 rings (SSSR count). The molecule has 1 aromatic carbocycles. The van der Waals surface area contributed by atoms with Crippen LogP contribution in [0.25, 0.3) is 0 Å². The van der Waals surface area contributed by atoms with E-state index in [2.05, 4.69) is 5.32 Å². The third-order valence-electron chi connectivity index (χ3n) is 4.87. The van der Waals surface area contributed by atoms with Crippen molar-refractivity contribution < 1.29 is 14.7 Å². The maximum absolute atomic E-state index is 12.6. The number of aryl methyl sites for hydroxylation is 1. The summed E-state index contributed by atoms with van der Waals surface area (Å²) in [5, 5.41) is 13.2. The molecule has 2 fully saturated rings. The van der Waals surface area contributed by atoms with Crippen LogP contribution in [0.3, 0.4) is 0 Å². The van der Waals surface area contributed by atoms with Gasteiger partial charge in [-0.15, -0.1) is 0 Å². The Labute approximate surface area is 136 Å². The van der Waals surface area contributed by atoms with E-state index in [1.807, 2.05) is 25.1 Å². The van der Waals surface area contributed by atoms with Crippen molar-refractivity contribution in [1.29, 1.82) is 0 Å². The molecule has 1 aliphatic carbocycles. The normalized spacial score (nSPS) is 20.1. The van der Waals surface area contributed by atoms with Crippen molar-refractivity contribution in [1.82, 2.24) is 5.32 Å². The van der Waals surface area contributed by atoms with Crippen LogP contribution in [-0.2, 0) is 4.79 Å². The first-order valence-electron chi connectivity index (χ1n) is 8.40. The summed E-state index contributed by atoms with van der Waals surface area (Å²) in [6.45, 7) is 2.86. The Morgan fingerprint density at radius 3 is 2.70 bits per heavy atom. The molecular weight excluding hydrogens is 292 g/mol. The van der Waals surface area contributed by atoms with Crippen LogP contribution in [0.15, 0.2) is 18.2 Å². The minimum absolute atomic E-state index is 0.0670. The molecule has 2 aliphatic rings. The SMILES string of the molecule is Cc1ccc(N2CCCC2=O)c(C(=O)NCC2(O)CCCC2)c1. The number of anilines is 1. The summed E-state index contributed by atoms with van der Waals surface area (Å²) in [5.41, 5.74) is 1.39. The Morgan fingerprint density at radius 2 is 2.04 bits per heavy atom. The van der Waals surface area contributed by atoms with Crippen molar-refractivity contribution in [2.75, 3.05) is 18.0 Å². The third-order valence-corrected chi connectivity index (χ3v) is 4.87. The lowest BCUT2D eigenvalue weighted by atomic mass is 10.0. The fourth-order valence-electron chi connectivity index (χ4n) is 3.52. The lowest BCUT2D eigenvalue weighted by Gasteiger charge is -2.24. The van der Waals surface area contributed by atoms with Gasteiger partial charge in [-0.3, -0.25) is 9.59 Å². The van der Waals surface area contributed by atoms with Crippen molar-refractivity contribution in [3.8, 4) is 0 Å². The van der Waals surface area contributed by atoms with Crippen LogP contribution in [-0.4, -0.2) is 35.6 Å². The van der Waals surface area contributed by atoms with E-state index in [0.29, 0.717) is 24.2 Å². The number of carbonyl (C=O) groups is 2.